The molecule has 7 rings (SSSR count). The Labute approximate surface area is 227 Å². The molecule has 1 heterocycles. The summed E-state index contributed by atoms with van der Waals surface area (Å²) < 4.78 is 79.2. The predicted molar refractivity (Wildman–Crippen MR) is 136 cm³/mol. The van der Waals surface area contributed by atoms with E-state index in [1.54, 1.807) is 11.8 Å². The first-order chi connectivity index (χ1) is 17.4. The van der Waals surface area contributed by atoms with Gasteiger partial charge in [0.1, 0.15) is 0 Å². The van der Waals surface area contributed by atoms with Crippen molar-refractivity contribution in [1.82, 2.24) is 4.90 Å². The molecule has 38 heavy (non-hydrogen) atoms. The number of benzene rings is 1. The Balaban J connectivity index is 0.00000294. The number of carbonyl (C=O) groups excluding carboxylic acids is 1. The summed E-state index contributed by atoms with van der Waals surface area (Å²) in [5.41, 5.74) is -3.40. The van der Waals surface area contributed by atoms with Gasteiger partial charge in [-0.15, -0.1) is 12.4 Å². The lowest BCUT2D eigenvalue weighted by molar-refractivity contribution is -0.143. The second-order valence-electron chi connectivity index (χ2n) is 11.7. The van der Waals surface area contributed by atoms with Crippen LogP contribution in [0.4, 0.5) is 32.0 Å². The van der Waals surface area contributed by atoms with Crippen molar-refractivity contribution < 1.29 is 31.1 Å². The summed E-state index contributed by atoms with van der Waals surface area (Å²) in [6, 6.07) is 1.28. The second kappa shape index (κ2) is 9.78. The van der Waals surface area contributed by atoms with Crippen LogP contribution in [0.3, 0.4) is 0 Å². The van der Waals surface area contributed by atoms with Gasteiger partial charge in [0.15, 0.2) is 5.17 Å². The number of hydrogen-bond acceptors (Lipinski definition) is 3. The van der Waals surface area contributed by atoms with Gasteiger partial charge in [0.05, 0.1) is 16.7 Å². The zero-order valence-electron chi connectivity index (χ0n) is 20.6. The zero-order chi connectivity index (χ0) is 26.2. The van der Waals surface area contributed by atoms with Gasteiger partial charge in [-0.2, -0.15) is 26.3 Å². The van der Waals surface area contributed by atoms with Gasteiger partial charge in [-0.05, 0) is 87.3 Å². The van der Waals surface area contributed by atoms with Crippen LogP contribution in [0.5, 0.6) is 0 Å². The highest BCUT2D eigenvalue weighted by molar-refractivity contribution is 8.14. The Kier molecular flexibility index (Phi) is 7.19. The van der Waals surface area contributed by atoms with Crippen molar-refractivity contribution in [2.24, 2.45) is 22.7 Å². The molecule has 0 radical (unpaired) electrons. The molecule has 4 nitrogen and oxygen atoms in total. The van der Waals surface area contributed by atoms with Crippen LogP contribution in [0, 0.1) is 17.8 Å². The van der Waals surface area contributed by atoms with E-state index in [-0.39, 0.29) is 36.5 Å². The van der Waals surface area contributed by atoms with Gasteiger partial charge in [-0.25, -0.2) is 0 Å². The van der Waals surface area contributed by atoms with E-state index in [4.69, 9.17) is 4.99 Å². The molecule has 1 aromatic rings. The third-order valence-corrected chi connectivity index (χ3v) is 9.70. The molecule has 0 spiro atoms. The maximum atomic E-state index is 13.2. The largest absolute Gasteiger partial charge is 0.416 e. The molecule has 1 aromatic carbocycles. The van der Waals surface area contributed by atoms with Crippen molar-refractivity contribution >= 4 is 40.9 Å². The van der Waals surface area contributed by atoms with Crippen LogP contribution in [0.1, 0.15) is 68.9 Å². The van der Waals surface area contributed by atoms with Crippen LogP contribution in [-0.2, 0) is 17.1 Å². The third-order valence-electron chi connectivity index (χ3n) is 8.59. The number of anilines is 1. The first kappa shape index (κ1) is 27.9. The van der Waals surface area contributed by atoms with E-state index in [2.05, 4.69) is 10.2 Å². The summed E-state index contributed by atoms with van der Waals surface area (Å²) in [6.45, 7) is 0. The Morgan fingerprint density at radius 2 is 1.47 bits per heavy atom. The van der Waals surface area contributed by atoms with Crippen LogP contribution >= 0.6 is 24.2 Å². The van der Waals surface area contributed by atoms with Crippen molar-refractivity contribution in [1.29, 1.82) is 0 Å². The molecular formula is C26H30ClF6N3OS. The SMILES string of the molecule is Cl.O=C(CC1CSC(=NC23CC4CC(CC(C4)C2)C3)N1C1CC1)Nc1cc(C(F)(F)F)cc(C(F)(F)F)c1. The van der Waals surface area contributed by atoms with E-state index in [0.29, 0.717) is 23.9 Å². The number of aliphatic imine (C=N–C) groups is 1. The monoisotopic (exact) mass is 581 g/mol. The number of nitrogens with zero attached hydrogens (tertiary/aromatic N) is 2. The second-order valence-corrected chi connectivity index (χ2v) is 12.7. The van der Waals surface area contributed by atoms with Crippen molar-refractivity contribution in [2.45, 2.75) is 87.8 Å². The highest BCUT2D eigenvalue weighted by atomic mass is 35.5. The lowest BCUT2D eigenvalue weighted by atomic mass is 9.53. The molecule has 6 fully saturated rings. The Hall–Kier alpha value is -1.62. The molecule has 5 saturated carbocycles. The fraction of sp³-hybridized carbons (Fsp3) is 0.692. The Morgan fingerprint density at radius 3 is 1.95 bits per heavy atom. The number of nitrogens with one attached hydrogen (secondary N) is 1. The molecular weight excluding hydrogens is 552 g/mol. The molecule has 1 amide bonds. The van der Waals surface area contributed by atoms with E-state index in [9.17, 15) is 31.1 Å². The van der Waals surface area contributed by atoms with E-state index in [0.717, 1.165) is 55.0 Å². The topological polar surface area (TPSA) is 44.7 Å². The maximum Gasteiger partial charge on any atom is 0.416 e. The molecule has 1 atom stereocenters. The number of hydrogen-bond donors (Lipinski definition) is 1. The van der Waals surface area contributed by atoms with E-state index in [1.807, 2.05) is 0 Å². The van der Waals surface area contributed by atoms with E-state index >= 15 is 0 Å². The molecule has 12 heteroatoms. The van der Waals surface area contributed by atoms with Crippen LogP contribution in [0.15, 0.2) is 23.2 Å². The molecule has 210 valence electrons. The minimum absolute atomic E-state index is 0. The average molecular weight is 582 g/mol. The first-order valence-corrected chi connectivity index (χ1v) is 14.0. The van der Waals surface area contributed by atoms with Crippen LogP contribution in [-0.4, -0.2) is 39.4 Å². The highest BCUT2D eigenvalue weighted by Gasteiger charge is 2.52. The summed E-state index contributed by atoms with van der Waals surface area (Å²) in [7, 11) is 0. The molecule has 1 unspecified atom stereocenters. The minimum Gasteiger partial charge on any atom is -0.344 e. The van der Waals surface area contributed by atoms with Gasteiger partial charge < -0.3 is 10.2 Å². The number of thioether (sulfide) groups is 1. The maximum absolute atomic E-state index is 13.2. The summed E-state index contributed by atoms with van der Waals surface area (Å²) in [5.74, 6) is 2.30. The quantitative estimate of drug-likeness (QED) is 0.369. The predicted octanol–water partition coefficient (Wildman–Crippen LogP) is 7.38. The van der Waals surface area contributed by atoms with Gasteiger partial charge in [-0.3, -0.25) is 9.79 Å². The number of rotatable bonds is 5. The normalized spacial score (nSPS) is 33.5. The fourth-order valence-electron chi connectivity index (χ4n) is 7.39. The average Bonchev–Trinajstić information content (AvgIpc) is 3.53. The first-order valence-electron chi connectivity index (χ1n) is 13.0. The van der Waals surface area contributed by atoms with Gasteiger partial charge in [-0.1, -0.05) is 11.8 Å². The van der Waals surface area contributed by atoms with Gasteiger partial charge in [0.2, 0.25) is 5.91 Å². The molecule has 1 N–H and O–H groups in total. The Morgan fingerprint density at radius 1 is 0.947 bits per heavy atom. The van der Waals surface area contributed by atoms with Crippen LogP contribution in [0.2, 0.25) is 0 Å². The molecule has 6 aliphatic rings. The summed E-state index contributed by atoms with van der Waals surface area (Å²) in [4.78, 5) is 20.4. The summed E-state index contributed by atoms with van der Waals surface area (Å²) >= 11 is 1.63. The molecule has 4 bridgehead atoms. The smallest absolute Gasteiger partial charge is 0.344 e. The van der Waals surface area contributed by atoms with E-state index in [1.165, 1.54) is 19.3 Å². The lowest BCUT2D eigenvalue weighted by Crippen LogP contribution is -2.50. The number of halogens is 7. The van der Waals surface area contributed by atoms with Crippen molar-refractivity contribution in [3.8, 4) is 0 Å². The van der Waals surface area contributed by atoms with Crippen molar-refractivity contribution in [3.05, 3.63) is 29.3 Å². The Bertz CT molecular complexity index is 1050. The molecule has 5 aliphatic carbocycles. The van der Waals surface area contributed by atoms with E-state index < -0.39 is 35.1 Å². The zero-order valence-corrected chi connectivity index (χ0v) is 22.2. The number of carbonyl (C=O) groups is 1. The van der Waals surface area contributed by atoms with Crippen LogP contribution < -0.4 is 5.32 Å². The molecule has 0 aromatic heterocycles. The van der Waals surface area contributed by atoms with Crippen molar-refractivity contribution in [2.75, 3.05) is 11.1 Å². The fourth-order valence-corrected chi connectivity index (χ4v) is 8.72. The molecule has 1 saturated heterocycles. The van der Waals surface area contributed by atoms with Crippen LogP contribution in [0.25, 0.3) is 0 Å². The summed E-state index contributed by atoms with van der Waals surface area (Å²) in [6.07, 6.45) is -0.600. The highest BCUT2D eigenvalue weighted by Crippen LogP contribution is 2.58. The molecule has 1 aliphatic heterocycles. The summed E-state index contributed by atoms with van der Waals surface area (Å²) in [5, 5.41) is 3.27. The van der Waals surface area contributed by atoms with Crippen molar-refractivity contribution in [3.63, 3.8) is 0 Å². The number of amides is 1. The third kappa shape index (κ3) is 5.64. The van der Waals surface area contributed by atoms with Gasteiger partial charge >= 0.3 is 12.4 Å². The van der Waals surface area contributed by atoms with Gasteiger partial charge in [0.25, 0.3) is 0 Å². The van der Waals surface area contributed by atoms with Gasteiger partial charge in [0, 0.05) is 29.9 Å². The number of amidine groups is 1. The lowest BCUT2D eigenvalue weighted by Gasteiger charge is -2.55. The number of alkyl halides is 6. The minimum atomic E-state index is -4.96. The standard InChI is InChI=1S/C26H29F6N3OS.ClH/c27-25(28,29)17-6-18(26(30,31)32)8-19(7-17)33-22(36)9-21-13-37-23(35(21)20-1-2-20)34-24-10-14-3-15(11-24)5-16(4-14)12-24;/h6-8,14-16,20-21H,1-5,9-13H2,(H,33,36);1H.